The minimum Gasteiger partial charge on any atom is -0.462 e. The van der Waals surface area contributed by atoms with E-state index in [1.807, 2.05) is 12.1 Å². The zero-order chi connectivity index (χ0) is 12.4. The minimum absolute atomic E-state index is 0.0329. The maximum atomic E-state index is 8.93. The van der Waals surface area contributed by atoms with Gasteiger partial charge in [0.05, 0.1) is 6.54 Å². The van der Waals surface area contributed by atoms with Gasteiger partial charge in [-0.1, -0.05) is 24.3 Å². The lowest BCUT2D eigenvalue weighted by molar-refractivity contribution is 0.242. The van der Waals surface area contributed by atoms with Gasteiger partial charge in [0.2, 0.25) is 0 Å². The quantitative estimate of drug-likeness (QED) is 0.863. The molecular formula is C15H17NO2. The van der Waals surface area contributed by atoms with Crippen LogP contribution in [0.2, 0.25) is 0 Å². The van der Waals surface area contributed by atoms with Crippen molar-refractivity contribution in [2.75, 3.05) is 0 Å². The van der Waals surface area contributed by atoms with Crippen LogP contribution in [0.5, 0.6) is 0 Å². The molecule has 0 bridgehead atoms. The third-order valence-corrected chi connectivity index (χ3v) is 3.49. The van der Waals surface area contributed by atoms with E-state index in [0.29, 0.717) is 11.8 Å². The largest absolute Gasteiger partial charge is 0.462 e. The summed E-state index contributed by atoms with van der Waals surface area (Å²) in [4.78, 5) is 0. The first-order chi connectivity index (χ1) is 8.85. The molecule has 0 spiro atoms. The summed E-state index contributed by atoms with van der Waals surface area (Å²) < 4.78 is 5.46. The summed E-state index contributed by atoms with van der Waals surface area (Å²) in [5, 5.41) is 12.4. The van der Waals surface area contributed by atoms with Crippen LogP contribution in [0.4, 0.5) is 0 Å². The maximum Gasteiger partial charge on any atom is 0.129 e. The Morgan fingerprint density at radius 3 is 2.33 bits per heavy atom. The first-order valence-corrected chi connectivity index (χ1v) is 6.34. The van der Waals surface area contributed by atoms with Crippen LogP contribution in [0, 0.1) is 0 Å². The van der Waals surface area contributed by atoms with Crippen LogP contribution >= 0.6 is 0 Å². The van der Waals surface area contributed by atoms with Crippen molar-refractivity contribution in [3.63, 3.8) is 0 Å². The molecule has 0 aliphatic heterocycles. The molecule has 1 aromatic carbocycles. The van der Waals surface area contributed by atoms with Crippen LogP contribution in [0.15, 0.2) is 40.8 Å². The smallest absolute Gasteiger partial charge is 0.129 e. The number of nitrogens with one attached hydrogen (secondary N) is 1. The Labute approximate surface area is 106 Å². The van der Waals surface area contributed by atoms with Crippen molar-refractivity contribution in [3.05, 3.63) is 59.0 Å². The van der Waals surface area contributed by atoms with Crippen LogP contribution in [0.25, 0.3) is 0 Å². The standard InChI is InChI=1S/C15H17NO2/c17-10-15-6-5-14(18-15)9-16-13-7-11-3-1-2-4-12(11)8-13/h1-6,13,16-17H,7-10H2. The highest BCUT2D eigenvalue weighted by Crippen LogP contribution is 2.22. The van der Waals surface area contributed by atoms with Gasteiger partial charge < -0.3 is 14.8 Å². The summed E-state index contributed by atoms with van der Waals surface area (Å²) in [6.45, 7) is 0.688. The molecule has 0 atom stereocenters. The lowest BCUT2D eigenvalue weighted by Gasteiger charge is -2.10. The van der Waals surface area contributed by atoms with E-state index in [-0.39, 0.29) is 6.61 Å². The van der Waals surface area contributed by atoms with Gasteiger partial charge in [-0.2, -0.15) is 0 Å². The van der Waals surface area contributed by atoms with Crippen LogP contribution in [0.3, 0.4) is 0 Å². The number of aliphatic hydroxyl groups excluding tert-OH is 1. The third kappa shape index (κ3) is 2.33. The molecule has 3 heteroatoms. The van der Waals surface area contributed by atoms with Crippen LogP contribution in [-0.2, 0) is 26.0 Å². The van der Waals surface area contributed by atoms with Crippen molar-refractivity contribution in [2.24, 2.45) is 0 Å². The predicted molar refractivity (Wildman–Crippen MR) is 69.1 cm³/mol. The Morgan fingerprint density at radius 1 is 1.06 bits per heavy atom. The molecule has 0 saturated carbocycles. The minimum atomic E-state index is -0.0329. The summed E-state index contributed by atoms with van der Waals surface area (Å²) in [5.41, 5.74) is 2.90. The summed E-state index contributed by atoms with van der Waals surface area (Å²) in [6, 6.07) is 12.8. The summed E-state index contributed by atoms with van der Waals surface area (Å²) in [6.07, 6.45) is 2.17. The molecule has 3 rings (SSSR count). The van der Waals surface area contributed by atoms with Crippen molar-refractivity contribution in [2.45, 2.75) is 32.0 Å². The molecular weight excluding hydrogens is 226 g/mol. The van der Waals surface area contributed by atoms with E-state index in [2.05, 4.69) is 29.6 Å². The summed E-state index contributed by atoms with van der Waals surface area (Å²) in [7, 11) is 0. The topological polar surface area (TPSA) is 45.4 Å². The normalized spacial score (nSPS) is 14.9. The second kappa shape index (κ2) is 4.96. The van der Waals surface area contributed by atoms with E-state index in [1.165, 1.54) is 11.1 Å². The van der Waals surface area contributed by atoms with E-state index in [1.54, 1.807) is 0 Å². The molecule has 0 fully saturated rings. The van der Waals surface area contributed by atoms with Crippen molar-refractivity contribution in [1.82, 2.24) is 5.32 Å². The summed E-state index contributed by atoms with van der Waals surface area (Å²) in [5.74, 6) is 1.51. The number of benzene rings is 1. The van der Waals surface area contributed by atoms with Crippen LogP contribution < -0.4 is 5.32 Å². The second-order valence-electron chi connectivity index (χ2n) is 4.78. The van der Waals surface area contributed by atoms with Gasteiger partial charge in [-0.05, 0) is 36.1 Å². The van der Waals surface area contributed by atoms with Gasteiger partial charge in [0, 0.05) is 6.04 Å². The molecule has 0 radical (unpaired) electrons. The molecule has 1 aliphatic rings. The van der Waals surface area contributed by atoms with E-state index >= 15 is 0 Å². The Hall–Kier alpha value is -1.58. The van der Waals surface area contributed by atoms with E-state index in [4.69, 9.17) is 9.52 Å². The van der Waals surface area contributed by atoms with Crippen molar-refractivity contribution < 1.29 is 9.52 Å². The number of furan rings is 1. The highest BCUT2D eigenvalue weighted by molar-refractivity contribution is 5.33. The SMILES string of the molecule is OCc1ccc(CNC2Cc3ccccc3C2)o1. The number of hydrogen-bond donors (Lipinski definition) is 2. The number of aliphatic hydroxyl groups is 1. The molecule has 2 N–H and O–H groups in total. The first kappa shape index (κ1) is 11.5. The van der Waals surface area contributed by atoms with Gasteiger partial charge in [-0.15, -0.1) is 0 Å². The Kier molecular flexibility index (Phi) is 3.17. The number of rotatable bonds is 4. The Morgan fingerprint density at radius 2 is 1.72 bits per heavy atom. The fourth-order valence-corrected chi connectivity index (χ4v) is 2.55. The summed E-state index contributed by atoms with van der Waals surface area (Å²) >= 11 is 0. The van der Waals surface area contributed by atoms with Crippen molar-refractivity contribution in [3.8, 4) is 0 Å². The second-order valence-corrected chi connectivity index (χ2v) is 4.78. The molecule has 1 heterocycles. The zero-order valence-electron chi connectivity index (χ0n) is 10.2. The monoisotopic (exact) mass is 243 g/mol. The van der Waals surface area contributed by atoms with Gasteiger partial charge in [-0.3, -0.25) is 0 Å². The van der Waals surface area contributed by atoms with Gasteiger partial charge >= 0.3 is 0 Å². The number of hydrogen-bond acceptors (Lipinski definition) is 3. The molecule has 0 unspecified atom stereocenters. The lowest BCUT2D eigenvalue weighted by Crippen LogP contribution is -2.28. The highest BCUT2D eigenvalue weighted by Gasteiger charge is 2.20. The average Bonchev–Trinajstić information content (AvgIpc) is 3.02. The fraction of sp³-hybridized carbons (Fsp3) is 0.333. The highest BCUT2D eigenvalue weighted by atomic mass is 16.4. The Balaban J connectivity index is 1.57. The Bertz CT molecular complexity index is 508. The lowest BCUT2D eigenvalue weighted by atomic mass is 10.1. The van der Waals surface area contributed by atoms with E-state index in [0.717, 1.165) is 25.1 Å². The van der Waals surface area contributed by atoms with E-state index < -0.39 is 0 Å². The average molecular weight is 243 g/mol. The predicted octanol–water partition coefficient (Wildman–Crippen LogP) is 2.03. The van der Waals surface area contributed by atoms with Crippen LogP contribution in [-0.4, -0.2) is 11.1 Å². The molecule has 1 aliphatic carbocycles. The van der Waals surface area contributed by atoms with Gasteiger partial charge in [0.25, 0.3) is 0 Å². The van der Waals surface area contributed by atoms with Crippen LogP contribution in [0.1, 0.15) is 22.6 Å². The molecule has 2 aromatic rings. The zero-order valence-corrected chi connectivity index (χ0v) is 10.2. The molecule has 18 heavy (non-hydrogen) atoms. The molecule has 1 aromatic heterocycles. The fourth-order valence-electron chi connectivity index (χ4n) is 2.55. The molecule has 0 saturated heterocycles. The molecule has 0 amide bonds. The molecule has 3 nitrogen and oxygen atoms in total. The third-order valence-electron chi connectivity index (χ3n) is 3.49. The van der Waals surface area contributed by atoms with E-state index in [9.17, 15) is 0 Å². The maximum absolute atomic E-state index is 8.93. The van der Waals surface area contributed by atoms with Crippen molar-refractivity contribution in [1.29, 1.82) is 0 Å². The first-order valence-electron chi connectivity index (χ1n) is 6.34. The van der Waals surface area contributed by atoms with Gasteiger partial charge in [0.1, 0.15) is 18.1 Å². The molecule has 94 valence electrons. The van der Waals surface area contributed by atoms with Gasteiger partial charge in [0.15, 0.2) is 0 Å². The van der Waals surface area contributed by atoms with Gasteiger partial charge in [-0.25, -0.2) is 0 Å². The van der Waals surface area contributed by atoms with Crippen molar-refractivity contribution >= 4 is 0 Å². The number of fused-ring (bicyclic) bond motifs is 1.